The molecule has 0 fully saturated rings. The number of hydrogen-bond donors (Lipinski definition) is 1. The van der Waals surface area contributed by atoms with Gasteiger partial charge in [-0.3, -0.25) is 9.78 Å². The van der Waals surface area contributed by atoms with Gasteiger partial charge >= 0.3 is 0 Å². The van der Waals surface area contributed by atoms with E-state index in [9.17, 15) is 4.79 Å². The summed E-state index contributed by atoms with van der Waals surface area (Å²) in [5.74, 6) is -0.371. The minimum Gasteiger partial charge on any atom is -0.366 e. The van der Waals surface area contributed by atoms with Gasteiger partial charge in [0.2, 0.25) is 0 Å². The lowest BCUT2D eigenvalue weighted by atomic mass is 9.97. The summed E-state index contributed by atoms with van der Waals surface area (Å²) in [6, 6.07) is 0. The molecule has 0 aromatic carbocycles. The number of hydrogen-bond acceptors (Lipinski definition) is 2. The Balaban J connectivity index is 3.15. The number of amides is 1. The van der Waals surface area contributed by atoms with E-state index in [-0.39, 0.29) is 5.91 Å². The van der Waals surface area contributed by atoms with Crippen LogP contribution in [0.4, 0.5) is 0 Å². The zero-order valence-corrected chi connectivity index (χ0v) is 9.42. The van der Waals surface area contributed by atoms with Crippen molar-refractivity contribution in [3.63, 3.8) is 0 Å². The molecular formula is C12H18N2O. The predicted octanol–water partition coefficient (Wildman–Crippen LogP) is 2.09. The molecule has 1 amide bonds. The molecule has 15 heavy (non-hydrogen) atoms. The molecule has 3 heteroatoms. The van der Waals surface area contributed by atoms with Crippen molar-refractivity contribution in [2.75, 3.05) is 0 Å². The Morgan fingerprint density at radius 3 is 2.47 bits per heavy atom. The van der Waals surface area contributed by atoms with E-state index in [2.05, 4.69) is 18.8 Å². The van der Waals surface area contributed by atoms with E-state index in [1.54, 1.807) is 6.20 Å². The molecule has 0 saturated carbocycles. The Hall–Kier alpha value is -1.38. The molecule has 0 aliphatic carbocycles. The number of aryl methyl sites for hydroxylation is 1. The largest absolute Gasteiger partial charge is 0.366 e. The lowest BCUT2D eigenvalue weighted by Gasteiger charge is -2.10. The Kier molecular flexibility index (Phi) is 4.28. The zero-order valence-electron chi connectivity index (χ0n) is 9.42. The first kappa shape index (κ1) is 11.7. The molecule has 0 spiro atoms. The fourth-order valence-corrected chi connectivity index (χ4v) is 1.77. The average Bonchev–Trinajstić information content (AvgIpc) is 2.21. The summed E-state index contributed by atoms with van der Waals surface area (Å²) in [4.78, 5) is 15.3. The van der Waals surface area contributed by atoms with Gasteiger partial charge in [-0.15, -0.1) is 0 Å². The van der Waals surface area contributed by atoms with Crippen molar-refractivity contribution >= 4 is 5.91 Å². The number of aromatic nitrogens is 1. The second-order valence-corrected chi connectivity index (χ2v) is 3.69. The molecule has 0 aliphatic heterocycles. The minimum absolute atomic E-state index is 0.371. The third kappa shape index (κ3) is 2.78. The van der Waals surface area contributed by atoms with Crippen LogP contribution < -0.4 is 5.73 Å². The molecule has 1 heterocycles. The van der Waals surface area contributed by atoms with E-state index in [4.69, 9.17) is 5.73 Å². The topological polar surface area (TPSA) is 56.0 Å². The first-order valence-electron chi connectivity index (χ1n) is 5.46. The highest BCUT2D eigenvalue weighted by molar-refractivity contribution is 5.94. The fraction of sp³-hybridized carbons (Fsp3) is 0.500. The van der Waals surface area contributed by atoms with Crippen molar-refractivity contribution in [3.05, 3.63) is 29.1 Å². The van der Waals surface area contributed by atoms with Crippen LogP contribution in [-0.4, -0.2) is 10.9 Å². The quantitative estimate of drug-likeness (QED) is 0.802. The highest BCUT2D eigenvalue weighted by Crippen LogP contribution is 2.16. The van der Waals surface area contributed by atoms with Gasteiger partial charge in [-0.05, 0) is 24.0 Å². The van der Waals surface area contributed by atoms with Crippen LogP contribution in [0.15, 0.2) is 12.4 Å². The monoisotopic (exact) mass is 206 g/mol. The van der Waals surface area contributed by atoms with Crippen molar-refractivity contribution in [1.29, 1.82) is 0 Å². The lowest BCUT2D eigenvalue weighted by molar-refractivity contribution is 0.0999. The molecule has 0 radical (unpaired) electrons. The summed E-state index contributed by atoms with van der Waals surface area (Å²) < 4.78 is 0. The van der Waals surface area contributed by atoms with Gasteiger partial charge < -0.3 is 5.73 Å². The minimum atomic E-state index is -0.371. The van der Waals surface area contributed by atoms with Gasteiger partial charge in [0.25, 0.3) is 5.91 Å². The summed E-state index contributed by atoms with van der Waals surface area (Å²) >= 11 is 0. The number of rotatable bonds is 5. The maximum absolute atomic E-state index is 11.2. The number of carbonyl (C=O) groups excluding carboxylic acids is 1. The van der Waals surface area contributed by atoms with E-state index in [1.165, 1.54) is 0 Å². The molecule has 0 atom stereocenters. The van der Waals surface area contributed by atoms with Crippen LogP contribution in [0.1, 0.15) is 48.2 Å². The van der Waals surface area contributed by atoms with Crippen LogP contribution >= 0.6 is 0 Å². The van der Waals surface area contributed by atoms with Crippen LogP contribution in [-0.2, 0) is 12.8 Å². The first-order valence-corrected chi connectivity index (χ1v) is 5.46. The second kappa shape index (κ2) is 5.49. The lowest BCUT2D eigenvalue weighted by Crippen LogP contribution is -2.15. The van der Waals surface area contributed by atoms with Gasteiger partial charge in [0, 0.05) is 12.4 Å². The Morgan fingerprint density at radius 2 is 1.93 bits per heavy atom. The maximum atomic E-state index is 11.2. The predicted molar refractivity (Wildman–Crippen MR) is 60.7 cm³/mol. The van der Waals surface area contributed by atoms with E-state index >= 15 is 0 Å². The van der Waals surface area contributed by atoms with Gasteiger partial charge in [0.1, 0.15) is 0 Å². The van der Waals surface area contributed by atoms with Gasteiger partial charge in [0.15, 0.2) is 0 Å². The fourth-order valence-electron chi connectivity index (χ4n) is 1.77. The number of carbonyl (C=O) groups is 1. The summed E-state index contributed by atoms with van der Waals surface area (Å²) in [7, 11) is 0. The van der Waals surface area contributed by atoms with Crippen molar-refractivity contribution in [2.45, 2.75) is 39.5 Å². The summed E-state index contributed by atoms with van der Waals surface area (Å²) in [6.07, 6.45) is 7.36. The highest BCUT2D eigenvalue weighted by Gasteiger charge is 2.11. The zero-order chi connectivity index (χ0) is 11.3. The number of nitrogens with two attached hydrogens (primary N) is 1. The molecule has 1 rings (SSSR count). The van der Waals surface area contributed by atoms with Crippen molar-refractivity contribution in [2.24, 2.45) is 5.73 Å². The second-order valence-electron chi connectivity index (χ2n) is 3.69. The summed E-state index contributed by atoms with van der Waals surface area (Å²) in [6.45, 7) is 4.22. The van der Waals surface area contributed by atoms with Gasteiger partial charge in [-0.1, -0.05) is 26.7 Å². The Labute approximate surface area is 90.7 Å². The third-order valence-corrected chi connectivity index (χ3v) is 2.43. The molecule has 0 unspecified atom stereocenters. The van der Waals surface area contributed by atoms with Crippen LogP contribution in [0.3, 0.4) is 0 Å². The average molecular weight is 206 g/mol. The smallest absolute Gasteiger partial charge is 0.250 e. The maximum Gasteiger partial charge on any atom is 0.250 e. The third-order valence-electron chi connectivity index (χ3n) is 2.43. The molecule has 82 valence electrons. The molecule has 2 N–H and O–H groups in total. The molecule has 1 aromatic heterocycles. The number of nitrogens with zero attached hydrogens (tertiary/aromatic N) is 1. The first-order chi connectivity index (χ1) is 7.20. The molecule has 0 aliphatic rings. The van der Waals surface area contributed by atoms with Gasteiger partial charge in [-0.2, -0.15) is 0 Å². The Morgan fingerprint density at radius 1 is 1.27 bits per heavy atom. The van der Waals surface area contributed by atoms with E-state index in [0.29, 0.717) is 5.56 Å². The van der Waals surface area contributed by atoms with Gasteiger partial charge in [0.05, 0.1) is 5.56 Å². The molecular weight excluding hydrogens is 188 g/mol. The van der Waals surface area contributed by atoms with Crippen LogP contribution in [0, 0.1) is 0 Å². The van der Waals surface area contributed by atoms with Crippen LogP contribution in [0.2, 0.25) is 0 Å². The van der Waals surface area contributed by atoms with E-state index in [1.807, 2.05) is 6.20 Å². The standard InChI is InChI=1S/C12H18N2O/c1-3-5-9-7-14-8-11(12(13)15)10(9)6-4-2/h7-8H,3-6H2,1-2H3,(H2,13,15). The molecule has 3 nitrogen and oxygen atoms in total. The summed E-state index contributed by atoms with van der Waals surface area (Å²) in [5.41, 5.74) is 8.16. The van der Waals surface area contributed by atoms with E-state index in [0.717, 1.165) is 36.8 Å². The van der Waals surface area contributed by atoms with Crippen molar-refractivity contribution < 1.29 is 4.79 Å². The molecule has 0 bridgehead atoms. The van der Waals surface area contributed by atoms with Gasteiger partial charge in [-0.25, -0.2) is 0 Å². The molecule has 0 saturated heterocycles. The number of primary amides is 1. The summed E-state index contributed by atoms with van der Waals surface area (Å²) in [5, 5.41) is 0. The SMILES string of the molecule is CCCc1cncc(C(N)=O)c1CCC. The van der Waals surface area contributed by atoms with Crippen molar-refractivity contribution in [3.8, 4) is 0 Å². The number of pyridine rings is 1. The normalized spacial score (nSPS) is 10.3. The van der Waals surface area contributed by atoms with Crippen LogP contribution in [0.25, 0.3) is 0 Å². The van der Waals surface area contributed by atoms with E-state index < -0.39 is 0 Å². The Bertz CT molecular complexity index is 347. The highest BCUT2D eigenvalue weighted by atomic mass is 16.1. The van der Waals surface area contributed by atoms with Crippen LogP contribution in [0.5, 0.6) is 0 Å². The molecule has 1 aromatic rings. The van der Waals surface area contributed by atoms with Crippen molar-refractivity contribution in [1.82, 2.24) is 4.98 Å².